The molecule has 0 N–H and O–H groups in total. The zero-order chi connectivity index (χ0) is 17.5. The minimum atomic E-state index is 0.686. The van der Waals surface area contributed by atoms with Gasteiger partial charge in [0.15, 0.2) is 0 Å². The van der Waals surface area contributed by atoms with Gasteiger partial charge in [0.05, 0.1) is 12.8 Å². The van der Waals surface area contributed by atoms with Crippen LogP contribution in [0.2, 0.25) is 5.02 Å². The molecule has 3 rings (SSSR count). The summed E-state index contributed by atoms with van der Waals surface area (Å²) < 4.78 is 5.45. The molecule has 132 valence electrons. The lowest BCUT2D eigenvalue weighted by Crippen LogP contribution is -2.43. The van der Waals surface area contributed by atoms with Gasteiger partial charge in [-0.1, -0.05) is 29.8 Å². The van der Waals surface area contributed by atoms with Crippen LogP contribution in [0.3, 0.4) is 0 Å². The summed E-state index contributed by atoms with van der Waals surface area (Å²) in [7, 11) is 0. The topological polar surface area (TPSA) is 28.1 Å². The third-order valence-electron chi connectivity index (χ3n) is 4.26. The van der Waals surface area contributed by atoms with E-state index in [0.29, 0.717) is 6.61 Å². The lowest BCUT2D eigenvalue weighted by Gasteiger charge is -2.33. The smallest absolute Gasteiger partial charge is 0.119 e. The van der Waals surface area contributed by atoms with E-state index in [9.17, 15) is 0 Å². The molecule has 1 saturated heterocycles. The molecular formula is C20H24ClN3O. The van der Waals surface area contributed by atoms with E-state index in [-0.39, 0.29) is 0 Å². The fourth-order valence-corrected chi connectivity index (χ4v) is 3.04. The second kappa shape index (κ2) is 8.88. The molecular weight excluding hydrogens is 334 g/mol. The highest BCUT2D eigenvalue weighted by Crippen LogP contribution is 2.18. The van der Waals surface area contributed by atoms with Gasteiger partial charge in [0, 0.05) is 37.7 Å². The summed E-state index contributed by atoms with van der Waals surface area (Å²) >= 11 is 6.25. The Bertz CT molecular complexity index is 694. The van der Waals surface area contributed by atoms with Gasteiger partial charge in [-0.3, -0.25) is 9.91 Å². The Labute approximate surface area is 154 Å². The molecule has 2 aromatic carbocycles. The van der Waals surface area contributed by atoms with E-state index in [1.165, 1.54) is 5.56 Å². The van der Waals surface area contributed by atoms with Crippen molar-refractivity contribution in [1.29, 1.82) is 0 Å². The zero-order valence-corrected chi connectivity index (χ0v) is 15.3. The molecule has 0 aromatic heterocycles. The first-order valence-corrected chi connectivity index (χ1v) is 9.10. The normalized spacial score (nSPS) is 15.7. The summed E-state index contributed by atoms with van der Waals surface area (Å²) in [6.45, 7) is 7.41. The van der Waals surface area contributed by atoms with Gasteiger partial charge in [-0.25, -0.2) is 0 Å². The molecule has 2 aromatic rings. The number of ether oxygens (including phenoxy) is 1. The van der Waals surface area contributed by atoms with Gasteiger partial charge in [-0.2, -0.15) is 5.10 Å². The Balaban J connectivity index is 1.48. The lowest BCUT2D eigenvalue weighted by molar-refractivity contribution is 0.131. The Morgan fingerprint density at radius 2 is 1.76 bits per heavy atom. The predicted molar refractivity (Wildman–Crippen MR) is 104 cm³/mol. The SMILES string of the molecule is CCOc1ccc(/C=N\N2CCN(Cc3ccccc3Cl)CC2)cc1. The molecule has 25 heavy (non-hydrogen) atoms. The van der Waals surface area contributed by atoms with Gasteiger partial charge in [0.2, 0.25) is 0 Å². The monoisotopic (exact) mass is 357 g/mol. The molecule has 0 spiro atoms. The highest BCUT2D eigenvalue weighted by atomic mass is 35.5. The number of hydrogen-bond acceptors (Lipinski definition) is 4. The summed E-state index contributed by atoms with van der Waals surface area (Å²) in [5.41, 5.74) is 2.28. The van der Waals surface area contributed by atoms with Crippen LogP contribution in [0.25, 0.3) is 0 Å². The first-order chi connectivity index (χ1) is 12.2. The van der Waals surface area contributed by atoms with Gasteiger partial charge in [0.1, 0.15) is 5.75 Å². The molecule has 0 radical (unpaired) electrons. The number of hydrazone groups is 1. The van der Waals surface area contributed by atoms with Gasteiger partial charge < -0.3 is 4.74 Å². The van der Waals surface area contributed by atoms with Crippen molar-refractivity contribution in [3.63, 3.8) is 0 Å². The van der Waals surface area contributed by atoms with Crippen molar-refractivity contribution in [3.8, 4) is 5.75 Å². The number of hydrogen-bond donors (Lipinski definition) is 0. The summed E-state index contributed by atoms with van der Waals surface area (Å²) in [6, 6.07) is 16.1. The van der Waals surface area contributed by atoms with Crippen LogP contribution in [0.4, 0.5) is 0 Å². The fourth-order valence-electron chi connectivity index (χ4n) is 2.84. The van der Waals surface area contributed by atoms with E-state index in [2.05, 4.69) is 21.1 Å². The molecule has 0 aliphatic carbocycles. The van der Waals surface area contributed by atoms with Gasteiger partial charge in [0.25, 0.3) is 0 Å². The molecule has 1 aliphatic heterocycles. The second-order valence-electron chi connectivity index (χ2n) is 6.07. The third kappa shape index (κ3) is 5.21. The third-order valence-corrected chi connectivity index (χ3v) is 4.63. The molecule has 1 heterocycles. The fraction of sp³-hybridized carbons (Fsp3) is 0.350. The highest BCUT2D eigenvalue weighted by molar-refractivity contribution is 6.31. The molecule has 0 atom stereocenters. The maximum absolute atomic E-state index is 6.25. The Kier molecular flexibility index (Phi) is 6.31. The number of rotatable bonds is 6. The van der Waals surface area contributed by atoms with Crippen molar-refractivity contribution in [2.75, 3.05) is 32.8 Å². The molecule has 0 unspecified atom stereocenters. The van der Waals surface area contributed by atoms with E-state index < -0.39 is 0 Å². The van der Waals surface area contributed by atoms with Gasteiger partial charge in [-0.15, -0.1) is 0 Å². The van der Waals surface area contributed by atoms with Crippen LogP contribution in [0, 0.1) is 0 Å². The first-order valence-electron chi connectivity index (χ1n) is 8.72. The van der Waals surface area contributed by atoms with Crippen LogP contribution in [0.15, 0.2) is 53.6 Å². The van der Waals surface area contributed by atoms with E-state index in [1.807, 2.05) is 55.6 Å². The average Bonchev–Trinajstić information content (AvgIpc) is 2.64. The average molecular weight is 358 g/mol. The van der Waals surface area contributed by atoms with E-state index >= 15 is 0 Å². The molecule has 1 fully saturated rings. The molecule has 5 heteroatoms. The van der Waals surface area contributed by atoms with Crippen molar-refractivity contribution in [3.05, 3.63) is 64.7 Å². The summed E-state index contributed by atoms with van der Waals surface area (Å²) in [4.78, 5) is 2.42. The highest BCUT2D eigenvalue weighted by Gasteiger charge is 2.16. The Morgan fingerprint density at radius 1 is 1.04 bits per heavy atom. The Hall–Kier alpha value is -2.04. The Morgan fingerprint density at radius 3 is 2.44 bits per heavy atom. The van der Waals surface area contributed by atoms with Gasteiger partial charge >= 0.3 is 0 Å². The summed E-state index contributed by atoms with van der Waals surface area (Å²) in [5, 5.41) is 7.57. The summed E-state index contributed by atoms with van der Waals surface area (Å²) in [6.07, 6.45) is 1.92. The van der Waals surface area contributed by atoms with Crippen LogP contribution < -0.4 is 4.74 Å². The largest absolute Gasteiger partial charge is 0.494 e. The number of nitrogens with zero attached hydrogens (tertiary/aromatic N) is 3. The van der Waals surface area contributed by atoms with E-state index in [4.69, 9.17) is 16.3 Å². The van der Waals surface area contributed by atoms with Crippen LogP contribution in [-0.2, 0) is 6.54 Å². The van der Waals surface area contributed by atoms with Crippen molar-refractivity contribution in [2.24, 2.45) is 5.10 Å². The lowest BCUT2D eigenvalue weighted by atomic mass is 10.2. The number of benzene rings is 2. The van der Waals surface area contributed by atoms with Crippen LogP contribution in [0.5, 0.6) is 5.75 Å². The second-order valence-corrected chi connectivity index (χ2v) is 6.48. The van der Waals surface area contributed by atoms with Crippen LogP contribution in [0.1, 0.15) is 18.1 Å². The van der Waals surface area contributed by atoms with Crippen LogP contribution in [-0.4, -0.2) is 48.9 Å². The predicted octanol–water partition coefficient (Wildman–Crippen LogP) is 3.89. The van der Waals surface area contributed by atoms with Gasteiger partial charge in [-0.05, 0) is 48.4 Å². The minimum Gasteiger partial charge on any atom is -0.494 e. The number of halogens is 1. The van der Waals surface area contributed by atoms with Crippen molar-refractivity contribution < 1.29 is 4.74 Å². The molecule has 0 bridgehead atoms. The maximum Gasteiger partial charge on any atom is 0.119 e. The van der Waals surface area contributed by atoms with Crippen molar-refractivity contribution >= 4 is 17.8 Å². The molecule has 1 aliphatic rings. The molecule has 0 amide bonds. The molecule has 4 nitrogen and oxygen atoms in total. The number of piperazine rings is 1. The first kappa shape index (κ1) is 17.8. The standard InChI is InChI=1S/C20H24ClN3O/c1-2-25-19-9-7-17(8-10-19)15-22-24-13-11-23(12-14-24)16-18-5-3-4-6-20(18)21/h3-10,15H,2,11-14,16H2,1H3/b22-15-. The minimum absolute atomic E-state index is 0.686. The quantitative estimate of drug-likeness (QED) is 0.734. The summed E-state index contributed by atoms with van der Waals surface area (Å²) in [5.74, 6) is 0.896. The van der Waals surface area contributed by atoms with E-state index in [1.54, 1.807) is 0 Å². The maximum atomic E-state index is 6.25. The molecule has 0 saturated carbocycles. The zero-order valence-electron chi connectivity index (χ0n) is 14.6. The van der Waals surface area contributed by atoms with E-state index in [0.717, 1.165) is 49.1 Å². The van der Waals surface area contributed by atoms with Crippen molar-refractivity contribution in [2.45, 2.75) is 13.5 Å². The van der Waals surface area contributed by atoms with Crippen molar-refractivity contribution in [1.82, 2.24) is 9.91 Å². The van der Waals surface area contributed by atoms with Crippen LogP contribution >= 0.6 is 11.6 Å².